The molecule has 29 heavy (non-hydrogen) atoms. The Hall–Kier alpha value is -3.55. The summed E-state index contributed by atoms with van der Waals surface area (Å²) in [5.74, 6) is 2.21. The van der Waals surface area contributed by atoms with Gasteiger partial charge in [-0.3, -0.25) is 4.79 Å². The van der Waals surface area contributed by atoms with Crippen LogP contribution in [0.4, 0.5) is 0 Å². The molecule has 0 atom stereocenters. The number of benzene rings is 2. The number of rotatable bonds is 8. The summed E-state index contributed by atoms with van der Waals surface area (Å²) in [6.07, 6.45) is 0. The molecular weight excluding hydrogens is 374 g/mol. The van der Waals surface area contributed by atoms with Gasteiger partial charge < -0.3 is 24.1 Å². The Morgan fingerprint density at radius 1 is 1.03 bits per heavy atom. The fourth-order valence-corrected chi connectivity index (χ4v) is 2.60. The van der Waals surface area contributed by atoms with Crippen LogP contribution in [0.5, 0.6) is 17.2 Å². The maximum atomic E-state index is 12.0. The van der Waals surface area contributed by atoms with E-state index in [9.17, 15) is 4.79 Å². The summed E-state index contributed by atoms with van der Waals surface area (Å²) >= 11 is 0. The van der Waals surface area contributed by atoms with Gasteiger partial charge in [-0.15, -0.1) is 0 Å². The number of ether oxygens (including phenoxy) is 3. The van der Waals surface area contributed by atoms with Crippen molar-refractivity contribution in [2.75, 3.05) is 20.8 Å². The molecule has 0 fully saturated rings. The van der Waals surface area contributed by atoms with Crippen LogP contribution in [-0.2, 0) is 11.3 Å². The lowest BCUT2D eigenvalue weighted by atomic mass is 10.1. The Kier molecular flexibility index (Phi) is 6.33. The normalized spacial score (nSPS) is 10.5. The lowest BCUT2D eigenvalue weighted by molar-refractivity contribution is -0.123. The zero-order valence-electron chi connectivity index (χ0n) is 16.8. The number of amides is 1. The van der Waals surface area contributed by atoms with E-state index in [0.29, 0.717) is 28.6 Å². The van der Waals surface area contributed by atoms with E-state index in [0.717, 1.165) is 5.56 Å². The van der Waals surface area contributed by atoms with Gasteiger partial charge in [-0.25, -0.2) is 0 Å². The minimum Gasteiger partial charge on any atom is -0.493 e. The SMILES string of the molecule is COc1ccc(-c2noc(CNC(=O)COc3ccc(C)c(C)c3)n2)cc1OC. The van der Waals surface area contributed by atoms with Crippen LogP contribution < -0.4 is 19.5 Å². The summed E-state index contributed by atoms with van der Waals surface area (Å²) < 4.78 is 21.2. The highest BCUT2D eigenvalue weighted by Gasteiger charge is 2.13. The molecule has 0 aliphatic heterocycles. The molecule has 1 amide bonds. The van der Waals surface area contributed by atoms with E-state index in [1.54, 1.807) is 32.4 Å². The molecule has 1 aromatic heterocycles. The standard InChI is InChI=1S/C21H23N3O5/c1-13-5-7-16(9-14(13)2)28-12-19(25)22-11-20-23-21(24-29-20)15-6-8-17(26-3)18(10-15)27-4/h5-10H,11-12H2,1-4H3,(H,22,25). The largest absolute Gasteiger partial charge is 0.493 e. The summed E-state index contributed by atoms with van der Waals surface area (Å²) in [5.41, 5.74) is 2.99. The first-order valence-electron chi connectivity index (χ1n) is 9.02. The lowest BCUT2D eigenvalue weighted by Crippen LogP contribution is -2.28. The van der Waals surface area contributed by atoms with Crippen LogP contribution in [0.15, 0.2) is 40.9 Å². The van der Waals surface area contributed by atoms with E-state index < -0.39 is 0 Å². The third-order valence-corrected chi connectivity index (χ3v) is 4.39. The topological polar surface area (TPSA) is 95.7 Å². The maximum Gasteiger partial charge on any atom is 0.258 e. The van der Waals surface area contributed by atoms with Crippen LogP contribution in [0, 0.1) is 13.8 Å². The Balaban J connectivity index is 1.55. The third-order valence-electron chi connectivity index (χ3n) is 4.39. The fourth-order valence-electron chi connectivity index (χ4n) is 2.60. The Morgan fingerprint density at radius 2 is 1.83 bits per heavy atom. The van der Waals surface area contributed by atoms with Crippen molar-refractivity contribution in [1.29, 1.82) is 0 Å². The number of carbonyl (C=O) groups excluding carboxylic acids is 1. The van der Waals surface area contributed by atoms with E-state index in [1.165, 1.54) is 5.56 Å². The van der Waals surface area contributed by atoms with Crippen LogP contribution in [0.3, 0.4) is 0 Å². The molecule has 0 unspecified atom stereocenters. The molecule has 3 rings (SSSR count). The van der Waals surface area contributed by atoms with Crippen LogP contribution in [0.25, 0.3) is 11.4 Å². The molecule has 0 aliphatic rings. The molecule has 1 N–H and O–H groups in total. The number of hydrogen-bond donors (Lipinski definition) is 1. The van der Waals surface area contributed by atoms with Crippen LogP contribution in [0.2, 0.25) is 0 Å². The summed E-state index contributed by atoms with van der Waals surface area (Å²) in [6, 6.07) is 11.0. The minimum absolute atomic E-state index is 0.0980. The van der Waals surface area contributed by atoms with Crippen molar-refractivity contribution in [2.45, 2.75) is 20.4 Å². The molecule has 8 heteroatoms. The van der Waals surface area contributed by atoms with Gasteiger partial charge in [0.1, 0.15) is 5.75 Å². The van der Waals surface area contributed by atoms with Gasteiger partial charge in [0, 0.05) is 5.56 Å². The average molecular weight is 397 g/mol. The van der Waals surface area contributed by atoms with Crippen molar-refractivity contribution in [3.63, 3.8) is 0 Å². The van der Waals surface area contributed by atoms with E-state index in [4.69, 9.17) is 18.7 Å². The van der Waals surface area contributed by atoms with Crippen molar-refractivity contribution >= 4 is 5.91 Å². The summed E-state index contributed by atoms with van der Waals surface area (Å²) in [7, 11) is 3.12. The molecule has 1 heterocycles. The molecule has 0 radical (unpaired) electrons. The molecule has 8 nitrogen and oxygen atoms in total. The first-order chi connectivity index (χ1) is 14.0. The highest BCUT2D eigenvalue weighted by Crippen LogP contribution is 2.31. The summed E-state index contributed by atoms with van der Waals surface area (Å²) in [4.78, 5) is 16.3. The molecule has 152 valence electrons. The number of carbonyl (C=O) groups is 1. The quantitative estimate of drug-likeness (QED) is 0.624. The van der Waals surface area contributed by atoms with Crippen LogP contribution in [-0.4, -0.2) is 36.9 Å². The van der Waals surface area contributed by atoms with Gasteiger partial charge in [0.2, 0.25) is 11.7 Å². The average Bonchev–Trinajstić information content (AvgIpc) is 3.21. The predicted octanol–water partition coefficient (Wildman–Crippen LogP) is 3.07. The second-order valence-corrected chi connectivity index (χ2v) is 6.39. The van der Waals surface area contributed by atoms with E-state index in [1.807, 2.05) is 32.0 Å². The first kappa shape index (κ1) is 20.2. The van der Waals surface area contributed by atoms with Crippen LogP contribution >= 0.6 is 0 Å². The Labute approximate surface area is 168 Å². The molecule has 0 bridgehead atoms. The van der Waals surface area contributed by atoms with Crippen molar-refractivity contribution in [3.05, 3.63) is 53.4 Å². The third kappa shape index (κ3) is 5.04. The van der Waals surface area contributed by atoms with Crippen molar-refractivity contribution in [1.82, 2.24) is 15.5 Å². The summed E-state index contributed by atoms with van der Waals surface area (Å²) in [6.45, 7) is 4.02. The maximum absolute atomic E-state index is 12.0. The Bertz CT molecular complexity index is 1000. The predicted molar refractivity (Wildman–Crippen MR) is 106 cm³/mol. The number of nitrogens with one attached hydrogen (secondary N) is 1. The number of nitrogens with zero attached hydrogens (tertiary/aromatic N) is 2. The molecule has 0 aliphatic carbocycles. The molecule has 0 spiro atoms. The fraction of sp³-hybridized carbons (Fsp3) is 0.286. The molecular formula is C21H23N3O5. The van der Waals surface area contributed by atoms with Gasteiger partial charge in [-0.2, -0.15) is 4.98 Å². The van der Waals surface area contributed by atoms with Gasteiger partial charge in [0.15, 0.2) is 18.1 Å². The van der Waals surface area contributed by atoms with Crippen molar-refractivity contribution in [3.8, 4) is 28.6 Å². The van der Waals surface area contributed by atoms with Gasteiger partial charge in [-0.05, 0) is 55.3 Å². The number of methoxy groups -OCH3 is 2. The van der Waals surface area contributed by atoms with Crippen molar-refractivity contribution < 1.29 is 23.5 Å². The molecule has 0 saturated heterocycles. The Morgan fingerprint density at radius 3 is 2.55 bits per heavy atom. The number of hydrogen-bond acceptors (Lipinski definition) is 7. The van der Waals surface area contributed by atoms with Gasteiger partial charge in [-0.1, -0.05) is 11.2 Å². The van der Waals surface area contributed by atoms with Gasteiger partial charge >= 0.3 is 0 Å². The smallest absolute Gasteiger partial charge is 0.258 e. The lowest BCUT2D eigenvalue weighted by Gasteiger charge is -2.08. The second kappa shape index (κ2) is 9.09. The zero-order chi connectivity index (χ0) is 20.8. The summed E-state index contributed by atoms with van der Waals surface area (Å²) in [5, 5.41) is 6.64. The van der Waals surface area contributed by atoms with Crippen molar-refractivity contribution in [2.24, 2.45) is 0 Å². The van der Waals surface area contributed by atoms with E-state index in [2.05, 4.69) is 15.5 Å². The van der Waals surface area contributed by atoms with Gasteiger partial charge in [0.05, 0.1) is 20.8 Å². The number of aryl methyl sites for hydroxylation is 2. The molecule has 0 saturated carbocycles. The second-order valence-electron chi connectivity index (χ2n) is 6.39. The highest BCUT2D eigenvalue weighted by atomic mass is 16.5. The zero-order valence-corrected chi connectivity index (χ0v) is 16.8. The van der Waals surface area contributed by atoms with Crippen LogP contribution in [0.1, 0.15) is 17.0 Å². The van der Waals surface area contributed by atoms with Gasteiger partial charge in [0.25, 0.3) is 5.91 Å². The molecule has 2 aromatic carbocycles. The minimum atomic E-state index is -0.283. The first-order valence-corrected chi connectivity index (χ1v) is 9.02. The number of aromatic nitrogens is 2. The monoisotopic (exact) mass is 397 g/mol. The molecule has 3 aromatic rings. The van der Waals surface area contributed by atoms with E-state index >= 15 is 0 Å². The highest BCUT2D eigenvalue weighted by molar-refractivity contribution is 5.77. The van der Waals surface area contributed by atoms with E-state index in [-0.39, 0.29) is 24.9 Å².